The van der Waals surface area contributed by atoms with E-state index in [-0.39, 0.29) is 4.92 Å². The van der Waals surface area contributed by atoms with Crippen molar-refractivity contribution in [1.82, 2.24) is 14.8 Å². The van der Waals surface area contributed by atoms with E-state index < -0.39 is 6.04 Å². The average Bonchev–Trinajstić information content (AvgIpc) is 2.81. The van der Waals surface area contributed by atoms with Gasteiger partial charge in [0.15, 0.2) is 5.82 Å². The highest BCUT2D eigenvalue weighted by atomic mass is 16.6. The Kier molecular flexibility index (Phi) is 2.98. The summed E-state index contributed by atoms with van der Waals surface area (Å²) in [6, 6.07) is 9.19. The largest absolute Gasteiger partial charge is 0.271 e. The predicted octanol–water partition coefficient (Wildman–Crippen LogP) is 1.98. The van der Waals surface area contributed by atoms with Gasteiger partial charge >= 0.3 is 0 Å². The number of fused-ring (bicyclic) bond motifs is 1. The van der Waals surface area contributed by atoms with Crippen LogP contribution in [0.2, 0.25) is 0 Å². The molecule has 0 saturated carbocycles. The lowest BCUT2D eigenvalue weighted by Gasteiger charge is -2.15. The maximum atomic E-state index is 11.0. The van der Waals surface area contributed by atoms with Crippen molar-refractivity contribution in [3.8, 4) is 0 Å². The monoisotopic (exact) mass is 258 g/mol. The van der Waals surface area contributed by atoms with Crippen LogP contribution in [0.5, 0.6) is 0 Å². The molecular formula is C13H14N4O2. The Labute approximate surface area is 110 Å². The zero-order valence-electron chi connectivity index (χ0n) is 10.4. The van der Waals surface area contributed by atoms with E-state index in [0.29, 0.717) is 24.5 Å². The van der Waals surface area contributed by atoms with E-state index in [4.69, 9.17) is 0 Å². The zero-order valence-corrected chi connectivity index (χ0v) is 10.4. The van der Waals surface area contributed by atoms with Crippen LogP contribution in [0, 0.1) is 10.1 Å². The first-order valence-electron chi connectivity index (χ1n) is 6.35. The molecule has 0 N–H and O–H groups in total. The number of hydrogen-bond donors (Lipinski definition) is 0. The molecule has 1 aliphatic heterocycles. The van der Waals surface area contributed by atoms with Gasteiger partial charge in [0, 0.05) is 24.3 Å². The molecule has 0 saturated heterocycles. The predicted molar refractivity (Wildman–Crippen MR) is 68.2 cm³/mol. The minimum atomic E-state index is -0.703. The van der Waals surface area contributed by atoms with Gasteiger partial charge in [0.05, 0.1) is 0 Å². The highest BCUT2D eigenvalue weighted by Crippen LogP contribution is 2.26. The van der Waals surface area contributed by atoms with Crippen molar-refractivity contribution < 1.29 is 4.92 Å². The summed E-state index contributed by atoms with van der Waals surface area (Å²) in [6.45, 7) is 0.724. The number of rotatable bonds is 3. The van der Waals surface area contributed by atoms with E-state index in [0.717, 1.165) is 18.5 Å². The van der Waals surface area contributed by atoms with E-state index in [9.17, 15) is 10.1 Å². The minimum absolute atomic E-state index is 0.258. The van der Waals surface area contributed by atoms with Crippen LogP contribution in [0.1, 0.15) is 36.1 Å². The van der Waals surface area contributed by atoms with Gasteiger partial charge in [0.1, 0.15) is 0 Å². The number of hydrogen-bond acceptors (Lipinski definition) is 4. The Hall–Kier alpha value is -2.24. The van der Waals surface area contributed by atoms with Crippen LogP contribution in [0.3, 0.4) is 0 Å². The maximum absolute atomic E-state index is 11.0. The fourth-order valence-corrected chi connectivity index (χ4v) is 2.43. The fourth-order valence-electron chi connectivity index (χ4n) is 2.43. The average molecular weight is 258 g/mol. The molecule has 98 valence electrons. The maximum Gasteiger partial charge on any atom is 0.271 e. The standard InChI is InChI=1S/C13H14N4O2/c18-17(19)11-7-4-8-16-13(11)14-12(15-16)9-10-5-2-1-3-6-10/h1-3,5-6,11H,4,7-9H2. The van der Waals surface area contributed by atoms with Crippen LogP contribution in [0.4, 0.5) is 0 Å². The number of nitro groups is 1. The molecule has 2 heterocycles. The minimum Gasteiger partial charge on any atom is -0.264 e. The summed E-state index contributed by atoms with van der Waals surface area (Å²) < 4.78 is 1.69. The molecule has 0 spiro atoms. The van der Waals surface area contributed by atoms with Gasteiger partial charge in [-0.2, -0.15) is 5.10 Å². The normalized spacial score (nSPS) is 18.0. The van der Waals surface area contributed by atoms with Gasteiger partial charge in [-0.1, -0.05) is 30.3 Å². The third-order valence-corrected chi connectivity index (χ3v) is 3.35. The van der Waals surface area contributed by atoms with Crippen molar-refractivity contribution in [3.63, 3.8) is 0 Å². The van der Waals surface area contributed by atoms with Crippen molar-refractivity contribution >= 4 is 0 Å². The molecule has 0 radical (unpaired) electrons. The molecule has 1 aliphatic rings. The van der Waals surface area contributed by atoms with E-state index in [1.165, 1.54) is 0 Å². The summed E-state index contributed by atoms with van der Waals surface area (Å²) in [5.41, 5.74) is 1.11. The second-order valence-corrected chi connectivity index (χ2v) is 4.72. The molecule has 0 aliphatic carbocycles. The van der Waals surface area contributed by atoms with Crippen molar-refractivity contribution in [1.29, 1.82) is 0 Å². The summed E-state index contributed by atoms with van der Waals surface area (Å²) in [4.78, 5) is 15.1. The molecule has 0 bridgehead atoms. The van der Waals surface area contributed by atoms with E-state index >= 15 is 0 Å². The number of benzene rings is 1. The second-order valence-electron chi connectivity index (χ2n) is 4.72. The molecule has 0 fully saturated rings. The van der Waals surface area contributed by atoms with E-state index in [2.05, 4.69) is 10.1 Å². The van der Waals surface area contributed by atoms with Crippen LogP contribution in [-0.4, -0.2) is 19.7 Å². The molecule has 1 aromatic carbocycles. The molecule has 1 aromatic heterocycles. The molecule has 1 atom stereocenters. The summed E-state index contributed by atoms with van der Waals surface area (Å²) in [5.74, 6) is 1.16. The molecule has 0 amide bonds. The zero-order chi connectivity index (χ0) is 13.2. The van der Waals surface area contributed by atoms with Gasteiger partial charge in [0.2, 0.25) is 5.82 Å². The van der Waals surface area contributed by atoms with Crippen LogP contribution < -0.4 is 0 Å². The summed E-state index contributed by atoms with van der Waals surface area (Å²) >= 11 is 0. The Bertz CT molecular complexity index is 594. The van der Waals surface area contributed by atoms with E-state index in [1.54, 1.807) is 4.68 Å². The topological polar surface area (TPSA) is 73.8 Å². The van der Waals surface area contributed by atoms with Gasteiger partial charge in [-0.25, -0.2) is 9.67 Å². The molecule has 19 heavy (non-hydrogen) atoms. The third kappa shape index (κ3) is 2.33. The van der Waals surface area contributed by atoms with Crippen LogP contribution >= 0.6 is 0 Å². The van der Waals surface area contributed by atoms with Crippen LogP contribution in [0.15, 0.2) is 30.3 Å². The van der Waals surface area contributed by atoms with Crippen LogP contribution in [-0.2, 0) is 13.0 Å². The smallest absolute Gasteiger partial charge is 0.264 e. The molecular weight excluding hydrogens is 244 g/mol. The number of aryl methyl sites for hydroxylation is 1. The summed E-state index contributed by atoms with van der Waals surface area (Å²) in [7, 11) is 0. The van der Waals surface area contributed by atoms with Crippen molar-refractivity contribution in [2.24, 2.45) is 0 Å². The Morgan fingerprint density at radius 2 is 2.16 bits per heavy atom. The highest BCUT2D eigenvalue weighted by molar-refractivity contribution is 5.19. The number of aromatic nitrogens is 3. The quantitative estimate of drug-likeness (QED) is 0.623. The molecule has 2 aromatic rings. The fraction of sp³-hybridized carbons (Fsp3) is 0.385. The van der Waals surface area contributed by atoms with Crippen molar-refractivity contribution in [2.45, 2.75) is 31.8 Å². The van der Waals surface area contributed by atoms with Gasteiger partial charge in [-0.15, -0.1) is 0 Å². The summed E-state index contributed by atoms with van der Waals surface area (Å²) in [5, 5.41) is 15.4. The van der Waals surface area contributed by atoms with Gasteiger partial charge in [-0.05, 0) is 12.0 Å². The Balaban J connectivity index is 1.87. The lowest BCUT2D eigenvalue weighted by molar-refractivity contribution is -0.533. The lowest BCUT2D eigenvalue weighted by atomic mass is 10.1. The Morgan fingerprint density at radius 3 is 2.89 bits per heavy atom. The second kappa shape index (κ2) is 4.79. The van der Waals surface area contributed by atoms with Gasteiger partial charge in [-0.3, -0.25) is 10.1 Å². The van der Waals surface area contributed by atoms with Crippen molar-refractivity contribution in [2.75, 3.05) is 0 Å². The van der Waals surface area contributed by atoms with Crippen molar-refractivity contribution in [3.05, 3.63) is 57.7 Å². The molecule has 6 heteroatoms. The molecule has 1 unspecified atom stereocenters. The highest BCUT2D eigenvalue weighted by Gasteiger charge is 2.32. The van der Waals surface area contributed by atoms with Crippen LogP contribution in [0.25, 0.3) is 0 Å². The molecule has 3 rings (SSSR count). The molecule has 6 nitrogen and oxygen atoms in total. The number of nitrogens with zero attached hydrogens (tertiary/aromatic N) is 4. The first kappa shape index (κ1) is 11.8. The van der Waals surface area contributed by atoms with Gasteiger partial charge < -0.3 is 0 Å². The first-order valence-corrected chi connectivity index (χ1v) is 6.35. The third-order valence-electron chi connectivity index (χ3n) is 3.35. The Morgan fingerprint density at radius 1 is 1.37 bits per heavy atom. The van der Waals surface area contributed by atoms with E-state index in [1.807, 2.05) is 30.3 Å². The lowest BCUT2D eigenvalue weighted by Crippen LogP contribution is -2.22. The summed E-state index contributed by atoms with van der Waals surface area (Å²) in [6.07, 6.45) is 1.95. The SMILES string of the molecule is O=[N+]([O-])C1CCCn2nc(Cc3ccccc3)nc21. The first-order chi connectivity index (χ1) is 9.24. The van der Waals surface area contributed by atoms with Gasteiger partial charge in [0.25, 0.3) is 6.04 Å².